The maximum absolute atomic E-state index is 5.47. The van der Waals surface area contributed by atoms with E-state index in [4.69, 9.17) is 9.47 Å². The summed E-state index contributed by atoms with van der Waals surface area (Å²) in [5.74, 6) is 1.33. The molecule has 1 atom stereocenters. The molecular weight excluding hydrogens is 240 g/mol. The highest BCUT2D eigenvalue weighted by atomic mass is 16.5. The van der Waals surface area contributed by atoms with Gasteiger partial charge in [0.1, 0.15) is 0 Å². The molecule has 0 aliphatic carbocycles. The Hall–Kier alpha value is -1.13. The molecule has 2 heterocycles. The van der Waals surface area contributed by atoms with Crippen LogP contribution in [0.1, 0.15) is 37.8 Å². The van der Waals surface area contributed by atoms with Gasteiger partial charge in [-0.25, -0.2) is 4.98 Å². The van der Waals surface area contributed by atoms with Crippen LogP contribution in [0.5, 0.6) is 5.88 Å². The lowest BCUT2D eigenvalue weighted by molar-refractivity contribution is 0.0532. The molecule has 4 nitrogen and oxygen atoms in total. The van der Waals surface area contributed by atoms with Crippen molar-refractivity contribution in [2.45, 2.75) is 32.2 Å². The predicted molar refractivity (Wildman–Crippen MR) is 75.4 cm³/mol. The van der Waals surface area contributed by atoms with Crippen LogP contribution < -0.4 is 10.1 Å². The van der Waals surface area contributed by atoms with E-state index in [2.05, 4.69) is 23.3 Å². The summed E-state index contributed by atoms with van der Waals surface area (Å²) in [6, 6.07) is 4.42. The Balaban J connectivity index is 2.19. The zero-order chi connectivity index (χ0) is 13.5. The van der Waals surface area contributed by atoms with Gasteiger partial charge >= 0.3 is 0 Å². The molecule has 1 aromatic rings. The van der Waals surface area contributed by atoms with Crippen molar-refractivity contribution in [3.8, 4) is 5.88 Å². The van der Waals surface area contributed by atoms with Crippen molar-refractivity contribution in [3.63, 3.8) is 0 Å². The first-order chi connectivity index (χ1) is 9.36. The Bertz CT molecular complexity index is 378. The highest BCUT2D eigenvalue weighted by Crippen LogP contribution is 2.33. The van der Waals surface area contributed by atoms with Gasteiger partial charge in [0.05, 0.1) is 7.11 Å². The van der Waals surface area contributed by atoms with Gasteiger partial charge in [-0.15, -0.1) is 0 Å². The van der Waals surface area contributed by atoms with Crippen molar-refractivity contribution in [1.82, 2.24) is 10.3 Å². The number of hydrogen-bond donors (Lipinski definition) is 1. The molecule has 1 aliphatic heterocycles. The van der Waals surface area contributed by atoms with Gasteiger partial charge in [-0.1, -0.05) is 13.0 Å². The van der Waals surface area contributed by atoms with Crippen molar-refractivity contribution in [2.24, 2.45) is 5.92 Å². The van der Waals surface area contributed by atoms with Crippen LogP contribution in [-0.4, -0.2) is 31.9 Å². The normalized spacial score (nSPS) is 18.2. The number of aromatic nitrogens is 1. The minimum absolute atomic E-state index is 0.312. The number of rotatable bonds is 6. The summed E-state index contributed by atoms with van der Waals surface area (Å²) >= 11 is 0. The van der Waals surface area contributed by atoms with Gasteiger partial charge in [-0.3, -0.25) is 0 Å². The zero-order valence-electron chi connectivity index (χ0n) is 11.9. The summed E-state index contributed by atoms with van der Waals surface area (Å²) < 4.78 is 10.9. The average Bonchev–Trinajstić information content (AvgIpc) is 2.49. The van der Waals surface area contributed by atoms with Gasteiger partial charge in [0.25, 0.3) is 0 Å². The van der Waals surface area contributed by atoms with Gasteiger partial charge in [0.2, 0.25) is 5.88 Å². The molecule has 1 N–H and O–H groups in total. The van der Waals surface area contributed by atoms with Crippen molar-refractivity contribution < 1.29 is 9.47 Å². The monoisotopic (exact) mass is 264 g/mol. The molecule has 1 saturated heterocycles. The smallest absolute Gasteiger partial charge is 0.217 e. The quantitative estimate of drug-likeness (QED) is 0.857. The van der Waals surface area contributed by atoms with Gasteiger partial charge < -0.3 is 14.8 Å². The summed E-state index contributed by atoms with van der Waals surface area (Å²) in [5.41, 5.74) is 1.17. The minimum Gasteiger partial charge on any atom is -0.481 e. The number of ether oxygens (including phenoxy) is 2. The fourth-order valence-electron chi connectivity index (χ4n) is 2.69. The van der Waals surface area contributed by atoms with Crippen molar-refractivity contribution in [3.05, 3.63) is 23.9 Å². The maximum atomic E-state index is 5.47. The molecular formula is C15H24N2O2. The number of pyridine rings is 1. The number of nitrogens with zero attached hydrogens (tertiary/aromatic N) is 1. The SMILES string of the molecule is CCCNC(c1cccnc1OC)C1CCOCC1. The minimum atomic E-state index is 0.312. The Kier molecular flexibility index (Phi) is 5.61. The molecule has 19 heavy (non-hydrogen) atoms. The molecule has 0 amide bonds. The number of methoxy groups -OCH3 is 1. The van der Waals surface area contributed by atoms with E-state index in [1.54, 1.807) is 13.3 Å². The summed E-state index contributed by atoms with van der Waals surface area (Å²) in [6.45, 7) is 4.92. The summed E-state index contributed by atoms with van der Waals surface area (Å²) in [7, 11) is 1.69. The molecule has 1 aromatic heterocycles. The van der Waals surface area contributed by atoms with E-state index in [0.29, 0.717) is 12.0 Å². The molecule has 0 radical (unpaired) electrons. The maximum Gasteiger partial charge on any atom is 0.217 e. The second kappa shape index (κ2) is 7.46. The third-order valence-corrected chi connectivity index (χ3v) is 3.68. The van der Waals surface area contributed by atoms with Crippen LogP contribution in [0.15, 0.2) is 18.3 Å². The fraction of sp³-hybridized carbons (Fsp3) is 0.667. The van der Waals surface area contributed by atoms with Crippen molar-refractivity contribution >= 4 is 0 Å². The summed E-state index contributed by atoms with van der Waals surface area (Å²) in [6.07, 6.45) is 5.10. The zero-order valence-corrected chi connectivity index (χ0v) is 11.9. The van der Waals surface area contributed by atoms with Crippen LogP contribution in [0.3, 0.4) is 0 Å². The molecule has 106 valence electrons. The first-order valence-corrected chi connectivity index (χ1v) is 7.16. The Morgan fingerprint density at radius 2 is 2.26 bits per heavy atom. The second-order valence-corrected chi connectivity index (χ2v) is 4.98. The van der Waals surface area contributed by atoms with Crippen LogP contribution in [0, 0.1) is 5.92 Å². The first-order valence-electron chi connectivity index (χ1n) is 7.16. The largest absolute Gasteiger partial charge is 0.481 e. The number of nitrogens with one attached hydrogen (secondary N) is 1. The van der Waals surface area contributed by atoms with Crippen molar-refractivity contribution in [2.75, 3.05) is 26.9 Å². The molecule has 1 unspecified atom stereocenters. The number of hydrogen-bond acceptors (Lipinski definition) is 4. The van der Waals surface area contributed by atoms with Gasteiger partial charge in [0.15, 0.2) is 0 Å². The van der Waals surface area contributed by atoms with Gasteiger partial charge in [-0.05, 0) is 37.8 Å². The van der Waals surface area contributed by atoms with E-state index in [0.717, 1.165) is 44.9 Å². The molecule has 0 spiro atoms. The Morgan fingerprint density at radius 1 is 1.47 bits per heavy atom. The van der Waals surface area contributed by atoms with Crippen LogP contribution in [0.2, 0.25) is 0 Å². The lowest BCUT2D eigenvalue weighted by atomic mass is 9.87. The van der Waals surface area contributed by atoms with E-state index >= 15 is 0 Å². The molecule has 0 saturated carbocycles. The van der Waals surface area contributed by atoms with E-state index in [-0.39, 0.29) is 0 Å². The van der Waals surface area contributed by atoms with E-state index < -0.39 is 0 Å². The molecule has 1 fully saturated rings. The standard InChI is InChI=1S/C15H24N2O2/c1-3-8-16-14(12-6-10-19-11-7-12)13-5-4-9-17-15(13)18-2/h4-5,9,12,14,16H,3,6-8,10-11H2,1-2H3. The van der Waals surface area contributed by atoms with Crippen LogP contribution in [-0.2, 0) is 4.74 Å². The molecule has 2 rings (SSSR count). The molecule has 0 aromatic carbocycles. The van der Waals surface area contributed by atoms with Crippen LogP contribution in [0.25, 0.3) is 0 Å². The highest BCUT2D eigenvalue weighted by Gasteiger charge is 2.27. The van der Waals surface area contributed by atoms with Crippen molar-refractivity contribution in [1.29, 1.82) is 0 Å². The topological polar surface area (TPSA) is 43.4 Å². The third kappa shape index (κ3) is 3.67. The molecule has 0 bridgehead atoms. The summed E-state index contributed by atoms with van der Waals surface area (Å²) in [4.78, 5) is 4.33. The predicted octanol–water partition coefficient (Wildman–Crippen LogP) is 2.56. The highest BCUT2D eigenvalue weighted by molar-refractivity contribution is 5.29. The van der Waals surface area contributed by atoms with E-state index in [1.165, 1.54) is 5.56 Å². The Morgan fingerprint density at radius 3 is 2.95 bits per heavy atom. The Labute approximate surface area is 115 Å². The summed E-state index contributed by atoms with van der Waals surface area (Å²) in [5, 5.41) is 3.65. The van der Waals surface area contributed by atoms with E-state index in [1.807, 2.05) is 6.07 Å². The molecule has 4 heteroatoms. The first kappa shape index (κ1) is 14.3. The fourth-order valence-corrected chi connectivity index (χ4v) is 2.69. The lowest BCUT2D eigenvalue weighted by Gasteiger charge is -2.31. The van der Waals surface area contributed by atoms with Crippen LogP contribution in [0.4, 0.5) is 0 Å². The van der Waals surface area contributed by atoms with E-state index in [9.17, 15) is 0 Å². The third-order valence-electron chi connectivity index (χ3n) is 3.68. The average molecular weight is 264 g/mol. The molecule has 1 aliphatic rings. The lowest BCUT2D eigenvalue weighted by Crippen LogP contribution is -2.33. The van der Waals surface area contributed by atoms with Crippen LogP contribution >= 0.6 is 0 Å². The van der Waals surface area contributed by atoms with Gasteiger partial charge in [-0.2, -0.15) is 0 Å². The van der Waals surface area contributed by atoms with Gasteiger partial charge in [0, 0.05) is 31.0 Å². The second-order valence-electron chi connectivity index (χ2n) is 4.98.